The molecule has 1 fully saturated rings. The molecule has 0 bridgehead atoms. The van der Waals surface area contributed by atoms with E-state index >= 15 is 0 Å². The van der Waals surface area contributed by atoms with E-state index < -0.39 is 0 Å². The van der Waals surface area contributed by atoms with Crippen molar-refractivity contribution in [2.75, 3.05) is 13.1 Å². The van der Waals surface area contributed by atoms with Crippen LogP contribution < -0.4 is 5.32 Å². The first kappa shape index (κ1) is 12.1. The fraction of sp³-hybridized carbons (Fsp3) is 0.583. The third kappa shape index (κ3) is 3.06. The van der Waals surface area contributed by atoms with E-state index in [4.69, 9.17) is 11.6 Å². The number of halogens is 1. The number of carbonyl (C=O) groups excluding carboxylic acids is 1. The van der Waals surface area contributed by atoms with Gasteiger partial charge in [-0.3, -0.25) is 4.79 Å². The molecule has 0 spiro atoms. The second-order valence-corrected chi connectivity index (χ2v) is 5.58. The molecule has 88 valence electrons. The number of Topliss-reactive ketones (excluding diaryl/α,β-unsaturated/α-hetero) is 1. The van der Waals surface area contributed by atoms with Gasteiger partial charge in [-0.25, -0.2) is 0 Å². The average Bonchev–Trinajstić information content (AvgIpc) is 2.74. The number of ketones is 1. The first-order valence-electron chi connectivity index (χ1n) is 5.74. The lowest BCUT2D eigenvalue weighted by Crippen LogP contribution is -2.27. The van der Waals surface area contributed by atoms with E-state index in [1.807, 2.05) is 5.38 Å². The summed E-state index contributed by atoms with van der Waals surface area (Å²) in [6.45, 7) is 2.19. The van der Waals surface area contributed by atoms with Crippen LogP contribution in [0.3, 0.4) is 0 Å². The molecule has 0 radical (unpaired) electrons. The fourth-order valence-corrected chi connectivity index (χ4v) is 3.24. The largest absolute Gasteiger partial charge is 0.317 e. The van der Waals surface area contributed by atoms with Crippen molar-refractivity contribution in [2.45, 2.75) is 25.7 Å². The summed E-state index contributed by atoms with van der Waals surface area (Å²) in [6, 6.07) is 1.80. The van der Waals surface area contributed by atoms with Gasteiger partial charge in [0.05, 0.1) is 9.90 Å². The molecular weight excluding hydrogens is 242 g/mol. The van der Waals surface area contributed by atoms with Crippen LogP contribution in [0.25, 0.3) is 0 Å². The topological polar surface area (TPSA) is 29.1 Å². The van der Waals surface area contributed by atoms with Crippen molar-refractivity contribution in [1.82, 2.24) is 5.32 Å². The summed E-state index contributed by atoms with van der Waals surface area (Å²) in [7, 11) is 0. The predicted octanol–water partition coefficient (Wildman–Crippen LogP) is 3.36. The molecule has 2 heterocycles. The van der Waals surface area contributed by atoms with Gasteiger partial charge in [-0.2, -0.15) is 0 Å². The van der Waals surface area contributed by atoms with Gasteiger partial charge in [0.2, 0.25) is 0 Å². The van der Waals surface area contributed by atoms with Crippen LogP contribution >= 0.6 is 22.9 Å². The fourth-order valence-electron chi connectivity index (χ4n) is 2.11. The molecule has 1 aromatic heterocycles. The van der Waals surface area contributed by atoms with Crippen LogP contribution in [-0.2, 0) is 0 Å². The lowest BCUT2D eigenvalue weighted by atomic mass is 9.92. The summed E-state index contributed by atoms with van der Waals surface area (Å²) in [5, 5.41) is 5.82. The Morgan fingerprint density at radius 2 is 2.25 bits per heavy atom. The van der Waals surface area contributed by atoms with Crippen LogP contribution in [-0.4, -0.2) is 18.9 Å². The molecule has 1 aliphatic rings. The van der Waals surface area contributed by atoms with Gasteiger partial charge < -0.3 is 5.32 Å². The minimum absolute atomic E-state index is 0.207. The average molecular weight is 258 g/mol. The van der Waals surface area contributed by atoms with E-state index in [1.54, 1.807) is 6.07 Å². The van der Waals surface area contributed by atoms with E-state index in [1.165, 1.54) is 24.2 Å². The highest BCUT2D eigenvalue weighted by molar-refractivity contribution is 7.12. The third-order valence-electron chi connectivity index (χ3n) is 3.11. The van der Waals surface area contributed by atoms with Gasteiger partial charge in [0.25, 0.3) is 0 Å². The predicted molar refractivity (Wildman–Crippen MR) is 68.5 cm³/mol. The van der Waals surface area contributed by atoms with Gasteiger partial charge in [0, 0.05) is 6.42 Å². The van der Waals surface area contributed by atoms with Crippen LogP contribution in [0, 0.1) is 5.92 Å². The van der Waals surface area contributed by atoms with Crippen molar-refractivity contribution in [2.24, 2.45) is 5.92 Å². The molecule has 0 aromatic carbocycles. The number of hydrogen-bond donors (Lipinski definition) is 1. The van der Waals surface area contributed by atoms with E-state index in [0.717, 1.165) is 24.4 Å². The summed E-state index contributed by atoms with van der Waals surface area (Å²) in [6.07, 6.45) is 4.05. The van der Waals surface area contributed by atoms with Crippen molar-refractivity contribution < 1.29 is 4.79 Å². The van der Waals surface area contributed by atoms with Gasteiger partial charge in [-0.05, 0) is 49.7 Å². The van der Waals surface area contributed by atoms with Gasteiger partial charge >= 0.3 is 0 Å². The summed E-state index contributed by atoms with van der Waals surface area (Å²) >= 11 is 7.39. The van der Waals surface area contributed by atoms with E-state index in [9.17, 15) is 4.79 Å². The Morgan fingerprint density at radius 3 is 2.88 bits per heavy atom. The zero-order valence-corrected chi connectivity index (χ0v) is 10.7. The van der Waals surface area contributed by atoms with Gasteiger partial charge in [-0.15, -0.1) is 11.3 Å². The summed E-state index contributed by atoms with van der Waals surface area (Å²) < 4.78 is 0. The van der Waals surface area contributed by atoms with E-state index in [-0.39, 0.29) is 5.78 Å². The molecular formula is C12H16ClNOS. The molecule has 0 unspecified atom stereocenters. The molecule has 0 atom stereocenters. The van der Waals surface area contributed by atoms with Gasteiger partial charge in [0.1, 0.15) is 0 Å². The van der Waals surface area contributed by atoms with E-state index in [2.05, 4.69) is 5.32 Å². The maximum Gasteiger partial charge on any atom is 0.174 e. The van der Waals surface area contributed by atoms with Crippen LogP contribution in [0.4, 0.5) is 0 Å². The minimum Gasteiger partial charge on any atom is -0.317 e. The monoisotopic (exact) mass is 257 g/mol. The molecule has 0 amide bonds. The number of piperidine rings is 1. The molecule has 0 aliphatic carbocycles. The molecule has 0 saturated carbocycles. The summed E-state index contributed by atoms with van der Waals surface area (Å²) in [4.78, 5) is 12.6. The molecule has 16 heavy (non-hydrogen) atoms. The molecule has 1 aromatic rings. The van der Waals surface area contributed by atoms with Crippen LogP contribution in [0.5, 0.6) is 0 Å². The lowest BCUT2D eigenvalue weighted by molar-refractivity contribution is 0.0975. The number of nitrogens with one attached hydrogen (secondary N) is 1. The Morgan fingerprint density at radius 1 is 1.50 bits per heavy atom. The quantitative estimate of drug-likeness (QED) is 0.838. The molecule has 4 heteroatoms. The van der Waals surface area contributed by atoms with Crippen molar-refractivity contribution in [1.29, 1.82) is 0 Å². The molecule has 2 nitrogen and oxygen atoms in total. The number of carbonyl (C=O) groups is 1. The zero-order valence-electron chi connectivity index (χ0n) is 9.17. The third-order valence-corrected chi connectivity index (χ3v) is 4.49. The molecule has 2 rings (SSSR count). The normalized spacial score (nSPS) is 17.6. The second-order valence-electron chi connectivity index (χ2n) is 4.25. The Labute approximate surface area is 105 Å². The van der Waals surface area contributed by atoms with Crippen molar-refractivity contribution >= 4 is 28.7 Å². The van der Waals surface area contributed by atoms with Crippen molar-refractivity contribution in [3.63, 3.8) is 0 Å². The first-order valence-corrected chi connectivity index (χ1v) is 7.00. The maximum atomic E-state index is 11.9. The Balaban J connectivity index is 1.81. The van der Waals surface area contributed by atoms with Crippen molar-refractivity contribution in [3.05, 3.63) is 21.3 Å². The van der Waals surface area contributed by atoms with Gasteiger partial charge in [0.15, 0.2) is 5.78 Å². The van der Waals surface area contributed by atoms with Gasteiger partial charge in [-0.1, -0.05) is 11.6 Å². The van der Waals surface area contributed by atoms with Crippen LogP contribution in [0.15, 0.2) is 11.4 Å². The standard InChI is InChI=1S/C12H16ClNOS/c13-10-5-8-16-12(10)11(15)2-1-9-3-6-14-7-4-9/h5,8-9,14H,1-4,6-7H2. The van der Waals surface area contributed by atoms with Crippen LogP contribution in [0.1, 0.15) is 35.4 Å². The van der Waals surface area contributed by atoms with Crippen molar-refractivity contribution in [3.8, 4) is 0 Å². The minimum atomic E-state index is 0.207. The maximum absolute atomic E-state index is 11.9. The number of thiophene rings is 1. The molecule has 1 N–H and O–H groups in total. The smallest absolute Gasteiger partial charge is 0.174 e. The highest BCUT2D eigenvalue weighted by Crippen LogP contribution is 2.26. The first-order chi connectivity index (χ1) is 7.77. The Kier molecular flexibility index (Phi) is 4.38. The van der Waals surface area contributed by atoms with Crippen LogP contribution in [0.2, 0.25) is 5.02 Å². The lowest BCUT2D eigenvalue weighted by Gasteiger charge is -2.21. The molecule has 1 saturated heterocycles. The summed E-state index contributed by atoms with van der Waals surface area (Å²) in [5.41, 5.74) is 0. The van der Waals surface area contributed by atoms with E-state index in [0.29, 0.717) is 17.4 Å². The molecule has 1 aliphatic heterocycles. The second kappa shape index (κ2) is 5.80. The highest BCUT2D eigenvalue weighted by atomic mass is 35.5. The zero-order chi connectivity index (χ0) is 11.4. The number of hydrogen-bond acceptors (Lipinski definition) is 3. The highest BCUT2D eigenvalue weighted by Gasteiger charge is 2.17. The SMILES string of the molecule is O=C(CCC1CCNCC1)c1sccc1Cl. The Bertz CT molecular complexity index is 358. The summed E-state index contributed by atoms with van der Waals surface area (Å²) in [5.74, 6) is 0.919. The number of rotatable bonds is 4. The Hall–Kier alpha value is -0.380.